The minimum Gasteiger partial charge on any atom is -0.478 e. The van der Waals surface area contributed by atoms with Gasteiger partial charge in [0.2, 0.25) is 5.78 Å². The number of hydrogen-bond acceptors (Lipinski definition) is 5. The third-order valence-electron chi connectivity index (χ3n) is 7.77. The number of carbonyl (C=O) groups excluding carboxylic acids is 2. The van der Waals surface area contributed by atoms with Gasteiger partial charge < -0.3 is 14.6 Å². The molecule has 182 valence electrons. The number of benzene rings is 4. The van der Waals surface area contributed by atoms with Crippen molar-refractivity contribution in [3.05, 3.63) is 99.7 Å². The lowest BCUT2D eigenvalue weighted by molar-refractivity contribution is -0.160. The van der Waals surface area contributed by atoms with Crippen LogP contribution in [0.4, 0.5) is 0 Å². The van der Waals surface area contributed by atoms with Crippen molar-refractivity contribution in [1.82, 2.24) is 0 Å². The van der Waals surface area contributed by atoms with Gasteiger partial charge in [0.05, 0.1) is 0 Å². The van der Waals surface area contributed by atoms with Gasteiger partial charge in [-0.3, -0.25) is 9.59 Å². The summed E-state index contributed by atoms with van der Waals surface area (Å²) in [6.07, 6.45) is 1.77. The van der Waals surface area contributed by atoms with E-state index in [2.05, 4.69) is 15.9 Å². The molecule has 1 spiro atoms. The summed E-state index contributed by atoms with van der Waals surface area (Å²) in [7, 11) is 0. The Bertz CT molecular complexity index is 1770. The van der Waals surface area contributed by atoms with E-state index in [1.54, 1.807) is 0 Å². The number of ether oxygens (including phenoxy) is 2. The summed E-state index contributed by atoms with van der Waals surface area (Å²) in [6, 6.07) is 23.6. The number of ketones is 2. The first-order chi connectivity index (χ1) is 17.8. The van der Waals surface area contributed by atoms with Gasteiger partial charge in [-0.2, -0.15) is 0 Å². The Kier molecular flexibility index (Phi) is 4.63. The van der Waals surface area contributed by atoms with Crippen LogP contribution in [0.5, 0.6) is 11.5 Å². The molecule has 0 unspecified atom stereocenters. The van der Waals surface area contributed by atoms with E-state index in [-0.39, 0.29) is 23.1 Å². The molecule has 37 heavy (non-hydrogen) atoms. The molecule has 0 fully saturated rings. The number of halogens is 1. The predicted molar refractivity (Wildman–Crippen MR) is 145 cm³/mol. The molecule has 1 N–H and O–H groups in total. The fraction of sp³-hybridized carbons (Fsp3) is 0.161. The van der Waals surface area contributed by atoms with Gasteiger partial charge in [0.15, 0.2) is 17.0 Å². The number of carbonyl (C=O) groups is 2. The predicted octanol–water partition coefficient (Wildman–Crippen LogP) is 6.04. The average Bonchev–Trinajstić information content (AvgIpc) is 3.32. The Hall–Kier alpha value is -3.74. The lowest BCUT2D eigenvalue weighted by atomic mass is 9.65. The fourth-order valence-electron chi connectivity index (χ4n) is 6.07. The number of fused-ring (bicyclic) bond motifs is 8. The van der Waals surface area contributed by atoms with E-state index in [0.29, 0.717) is 22.8 Å². The first-order valence-electron chi connectivity index (χ1n) is 12.1. The average molecular weight is 553 g/mol. The molecule has 3 aliphatic rings. The molecule has 2 aliphatic heterocycles. The third-order valence-corrected chi connectivity index (χ3v) is 8.49. The maximum atomic E-state index is 13.8. The van der Waals surface area contributed by atoms with E-state index in [4.69, 9.17) is 9.47 Å². The van der Waals surface area contributed by atoms with Gasteiger partial charge in [0.25, 0.3) is 0 Å². The SMILES string of the molecule is CC(=O)C[C@@]1(O)C(=O)C(Br)=C2Oc3ccc4ccccc4c3C=C2[C@@]12Cc1c(ccc3ccccc13)O2. The molecule has 0 saturated heterocycles. The Morgan fingerprint density at radius 2 is 1.59 bits per heavy atom. The van der Waals surface area contributed by atoms with E-state index in [1.807, 2.05) is 78.9 Å². The molecule has 0 saturated carbocycles. The molecule has 2 heterocycles. The molecule has 1 aliphatic carbocycles. The smallest absolute Gasteiger partial charge is 0.210 e. The van der Waals surface area contributed by atoms with Crippen LogP contribution in [-0.4, -0.2) is 27.9 Å². The molecule has 0 aromatic heterocycles. The van der Waals surface area contributed by atoms with Crippen molar-refractivity contribution >= 4 is 55.1 Å². The zero-order chi connectivity index (χ0) is 25.5. The standard InChI is InChI=1S/C31H21BrO5/c1-17(33)15-30(35)29(34)27(32)28-24(14-22-20-8-4-2-6-18(20)10-12-25(22)36-28)31(30)16-23-21-9-5-3-7-19(21)11-13-26(23)37-31/h2-14,35H,15-16H2,1H3/t30-,31+/m1/s1. The molecule has 5 nitrogen and oxygen atoms in total. The van der Waals surface area contributed by atoms with Crippen molar-refractivity contribution < 1.29 is 24.2 Å². The maximum Gasteiger partial charge on any atom is 0.210 e. The van der Waals surface area contributed by atoms with Gasteiger partial charge in [-0.25, -0.2) is 0 Å². The van der Waals surface area contributed by atoms with Crippen molar-refractivity contribution in [2.45, 2.75) is 31.0 Å². The summed E-state index contributed by atoms with van der Waals surface area (Å²) in [5, 5.41) is 16.2. The topological polar surface area (TPSA) is 72.8 Å². The van der Waals surface area contributed by atoms with Crippen LogP contribution < -0.4 is 9.47 Å². The van der Waals surface area contributed by atoms with Crippen molar-refractivity contribution in [1.29, 1.82) is 0 Å². The first kappa shape index (κ1) is 22.5. The molecule has 0 amide bonds. The molecule has 0 bridgehead atoms. The van der Waals surface area contributed by atoms with Gasteiger partial charge in [0.1, 0.15) is 21.8 Å². The Balaban J connectivity index is 1.54. The molecule has 7 rings (SSSR count). The van der Waals surface area contributed by atoms with Crippen LogP contribution in [0.25, 0.3) is 27.6 Å². The van der Waals surface area contributed by atoms with E-state index in [1.165, 1.54) is 6.92 Å². The largest absolute Gasteiger partial charge is 0.478 e. The van der Waals surface area contributed by atoms with Gasteiger partial charge in [-0.05, 0) is 62.6 Å². The Morgan fingerprint density at radius 3 is 2.32 bits per heavy atom. The van der Waals surface area contributed by atoms with Crippen LogP contribution in [0.2, 0.25) is 0 Å². The minimum atomic E-state index is -2.14. The fourth-order valence-corrected chi connectivity index (χ4v) is 6.70. The third kappa shape index (κ3) is 2.94. The van der Waals surface area contributed by atoms with Crippen LogP contribution in [0.1, 0.15) is 24.5 Å². The lowest BCUT2D eigenvalue weighted by Crippen LogP contribution is -2.66. The Labute approximate surface area is 221 Å². The van der Waals surface area contributed by atoms with Crippen LogP contribution in [-0.2, 0) is 16.0 Å². The van der Waals surface area contributed by atoms with Crippen LogP contribution in [0, 0.1) is 0 Å². The molecule has 0 radical (unpaired) electrons. The molecule has 4 aromatic rings. The van der Waals surface area contributed by atoms with Gasteiger partial charge >= 0.3 is 0 Å². The Morgan fingerprint density at radius 1 is 0.946 bits per heavy atom. The van der Waals surface area contributed by atoms with Gasteiger partial charge in [0, 0.05) is 29.5 Å². The highest BCUT2D eigenvalue weighted by Gasteiger charge is 2.67. The zero-order valence-corrected chi connectivity index (χ0v) is 21.5. The molecular formula is C31H21BrO5. The van der Waals surface area contributed by atoms with Crippen molar-refractivity contribution in [3.63, 3.8) is 0 Å². The van der Waals surface area contributed by atoms with Crippen molar-refractivity contribution in [2.75, 3.05) is 0 Å². The maximum absolute atomic E-state index is 13.8. The van der Waals surface area contributed by atoms with Crippen LogP contribution in [0.3, 0.4) is 0 Å². The van der Waals surface area contributed by atoms with Crippen molar-refractivity contribution in [3.8, 4) is 11.5 Å². The second kappa shape index (κ2) is 7.63. The summed E-state index contributed by atoms with van der Waals surface area (Å²) < 4.78 is 13.1. The summed E-state index contributed by atoms with van der Waals surface area (Å²) in [5.74, 6) is 0.548. The van der Waals surface area contributed by atoms with Crippen LogP contribution >= 0.6 is 15.9 Å². The normalized spacial score (nSPS) is 23.9. The first-order valence-corrected chi connectivity index (χ1v) is 12.9. The highest BCUT2D eigenvalue weighted by Crippen LogP contribution is 2.57. The number of Topliss-reactive ketones (excluding diaryl/α,β-unsaturated/α-hetero) is 2. The highest BCUT2D eigenvalue weighted by molar-refractivity contribution is 9.12. The molecule has 2 atom stereocenters. The molecule has 6 heteroatoms. The van der Waals surface area contributed by atoms with Crippen molar-refractivity contribution in [2.24, 2.45) is 0 Å². The second-order valence-electron chi connectivity index (χ2n) is 9.94. The lowest BCUT2D eigenvalue weighted by Gasteiger charge is -2.48. The van der Waals surface area contributed by atoms with E-state index < -0.39 is 17.0 Å². The summed E-state index contributed by atoms with van der Waals surface area (Å²) in [4.78, 5) is 26.3. The van der Waals surface area contributed by atoms with Gasteiger partial charge in [-0.1, -0.05) is 60.7 Å². The summed E-state index contributed by atoms with van der Waals surface area (Å²) in [5.41, 5.74) is -1.44. The molecule has 4 aromatic carbocycles. The monoisotopic (exact) mass is 552 g/mol. The summed E-state index contributed by atoms with van der Waals surface area (Å²) >= 11 is 3.41. The second-order valence-corrected chi connectivity index (χ2v) is 10.7. The summed E-state index contributed by atoms with van der Waals surface area (Å²) in [6.45, 7) is 1.37. The van der Waals surface area contributed by atoms with Crippen LogP contribution in [0.15, 0.2) is 88.6 Å². The van der Waals surface area contributed by atoms with E-state index in [9.17, 15) is 14.7 Å². The van der Waals surface area contributed by atoms with E-state index in [0.717, 1.165) is 32.7 Å². The molecular weight excluding hydrogens is 532 g/mol. The quantitative estimate of drug-likeness (QED) is 0.328. The number of rotatable bonds is 2. The number of hydrogen-bond donors (Lipinski definition) is 1. The van der Waals surface area contributed by atoms with E-state index >= 15 is 0 Å². The number of aliphatic hydroxyl groups is 1. The highest BCUT2D eigenvalue weighted by atomic mass is 79.9. The van der Waals surface area contributed by atoms with Gasteiger partial charge in [-0.15, -0.1) is 0 Å². The minimum absolute atomic E-state index is 0.0938. The zero-order valence-electron chi connectivity index (χ0n) is 19.9.